The number of nitrogens with zero attached hydrogens (tertiary/aromatic N) is 1. The lowest BCUT2D eigenvalue weighted by atomic mass is 10.1. The number of thiazole rings is 1. The van der Waals surface area contributed by atoms with E-state index in [9.17, 15) is 9.59 Å². The fourth-order valence-corrected chi connectivity index (χ4v) is 3.25. The van der Waals surface area contributed by atoms with Gasteiger partial charge in [0, 0.05) is 10.9 Å². The lowest BCUT2D eigenvalue weighted by Crippen LogP contribution is -2.21. The summed E-state index contributed by atoms with van der Waals surface area (Å²) in [7, 11) is 3.16. The number of esters is 1. The van der Waals surface area contributed by atoms with Crippen LogP contribution in [0.5, 0.6) is 11.5 Å². The van der Waals surface area contributed by atoms with E-state index in [0.717, 1.165) is 12.0 Å². The summed E-state index contributed by atoms with van der Waals surface area (Å²) in [6.07, 6.45) is 0.832. The molecule has 0 aliphatic heterocycles. The fraction of sp³-hybridized carbons (Fsp3) is 0.389. The van der Waals surface area contributed by atoms with Gasteiger partial charge in [0.25, 0.3) is 5.91 Å². The molecule has 1 saturated carbocycles. The van der Waals surface area contributed by atoms with Gasteiger partial charge >= 0.3 is 5.97 Å². The maximum absolute atomic E-state index is 11.9. The number of hydrogen-bond acceptors (Lipinski definition) is 7. The Morgan fingerprint density at radius 2 is 2.08 bits per heavy atom. The summed E-state index contributed by atoms with van der Waals surface area (Å²) in [4.78, 5) is 28.0. The van der Waals surface area contributed by atoms with Crippen LogP contribution in [0.1, 0.15) is 13.3 Å². The highest BCUT2D eigenvalue weighted by Crippen LogP contribution is 2.38. The zero-order chi connectivity index (χ0) is 18.7. The maximum atomic E-state index is 11.9. The van der Waals surface area contributed by atoms with Crippen LogP contribution in [0.4, 0.5) is 5.13 Å². The van der Waals surface area contributed by atoms with E-state index in [4.69, 9.17) is 14.2 Å². The first-order chi connectivity index (χ1) is 12.5. The van der Waals surface area contributed by atoms with Gasteiger partial charge in [-0.15, -0.1) is 11.3 Å². The van der Waals surface area contributed by atoms with Crippen molar-refractivity contribution < 1.29 is 23.8 Å². The van der Waals surface area contributed by atoms with Gasteiger partial charge in [-0.25, -0.2) is 4.98 Å². The average Bonchev–Trinajstić information content (AvgIpc) is 3.20. The van der Waals surface area contributed by atoms with Gasteiger partial charge in [-0.2, -0.15) is 0 Å². The number of hydrogen-bond donors (Lipinski definition) is 1. The Kier molecular flexibility index (Phi) is 5.41. The van der Waals surface area contributed by atoms with Gasteiger partial charge in [-0.3, -0.25) is 14.9 Å². The number of carbonyl (C=O) groups excluding carboxylic acids is 2. The minimum absolute atomic E-state index is 0.0604. The number of anilines is 1. The highest BCUT2D eigenvalue weighted by Gasteiger charge is 2.40. The molecule has 8 heteroatoms. The highest BCUT2D eigenvalue weighted by molar-refractivity contribution is 7.14. The van der Waals surface area contributed by atoms with Gasteiger partial charge in [0.2, 0.25) is 0 Å². The summed E-state index contributed by atoms with van der Waals surface area (Å²) in [5.74, 6) is 0.903. The Hall–Kier alpha value is -2.61. The molecule has 1 N–H and O–H groups in total. The Morgan fingerprint density at radius 3 is 2.73 bits per heavy atom. The third kappa shape index (κ3) is 4.13. The molecule has 0 radical (unpaired) electrons. The van der Waals surface area contributed by atoms with Crippen molar-refractivity contribution in [2.75, 3.05) is 26.1 Å². The predicted molar refractivity (Wildman–Crippen MR) is 97.5 cm³/mol. The molecule has 2 aromatic rings. The van der Waals surface area contributed by atoms with Crippen LogP contribution in [-0.4, -0.2) is 37.7 Å². The second-order valence-corrected chi connectivity index (χ2v) is 6.94. The Morgan fingerprint density at radius 1 is 1.31 bits per heavy atom. The van der Waals surface area contributed by atoms with Crippen LogP contribution in [0.2, 0.25) is 0 Å². The summed E-state index contributed by atoms with van der Waals surface area (Å²) >= 11 is 1.28. The molecule has 0 saturated heterocycles. The van der Waals surface area contributed by atoms with Crippen LogP contribution >= 0.6 is 11.3 Å². The van der Waals surface area contributed by atoms with Gasteiger partial charge in [0.1, 0.15) is 11.5 Å². The van der Waals surface area contributed by atoms with Crippen molar-refractivity contribution in [1.82, 2.24) is 4.98 Å². The van der Waals surface area contributed by atoms with Crippen LogP contribution in [-0.2, 0) is 14.3 Å². The molecule has 1 heterocycles. The molecule has 0 spiro atoms. The summed E-state index contributed by atoms with van der Waals surface area (Å²) in [5.41, 5.74) is 1.42. The second kappa shape index (κ2) is 7.74. The number of amides is 1. The monoisotopic (exact) mass is 376 g/mol. The zero-order valence-electron chi connectivity index (χ0n) is 14.8. The van der Waals surface area contributed by atoms with Crippen LogP contribution < -0.4 is 14.8 Å². The number of carbonyl (C=O) groups is 2. The van der Waals surface area contributed by atoms with E-state index in [1.807, 2.05) is 18.4 Å². The molecule has 2 atom stereocenters. The number of methoxy groups -OCH3 is 2. The molecule has 1 aromatic heterocycles. The number of aromatic nitrogens is 1. The highest BCUT2D eigenvalue weighted by atomic mass is 32.1. The lowest BCUT2D eigenvalue weighted by molar-refractivity contribution is -0.148. The van der Waals surface area contributed by atoms with Crippen molar-refractivity contribution in [2.45, 2.75) is 13.3 Å². The van der Waals surface area contributed by atoms with Gasteiger partial charge < -0.3 is 14.2 Å². The summed E-state index contributed by atoms with van der Waals surface area (Å²) in [5, 5.41) is 4.88. The van der Waals surface area contributed by atoms with Crippen LogP contribution in [0.25, 0.3) is 11.3 Å². The van der Waals surface area contributed by atoms with Gasteiger partial charge in [0.05, 0.1) is 25.8 Å². The fourth-order valence-electron chi connectivity index (χ4n) is 2.52. The van der Waals surface area contributed by atoms with Gasteiger partial charge in [0.15, 0.2) is 11.7 Å². The van der Waals surface area contributed by atoms with Crippen molar-refractivity contribution >= 4 is 28.3 Å². The van der Waals surface area contributed by atoms with E-state index in [1.165, 1.54) is 11.3 Å². The van der Waals surface area contributed by atoms with Crippen LogP contribution in [0.3, 0.4) is 0 Å². The van der Waals surface area contributed by atoms with Crippen LogP contribution in [0, 0.1) is 11.8 Å². The Balaban J connectivity index is 1.62. The van der Waals surface area contributed by atoms with Crippen molar-refractivity contribution in [1.29, 1.82) is 0 Å². The number of benzene rings is 1. The Labute approximate surface area is 155 Å². The molecule has 0 unspecified atom stereocenters. The van der Waals surface area contributed by atoms with Crippen molar-refractivity contribution in [3.8, 4) is 22.8 Å². The molecular formula is C18H20N2O5S. The molecule has 1 aromatic carbocycles. The molecular weight excluding hydrogens is 356 g/mol. The minimum Gasteiger partial charge on any atom is -0.497 e. The van der Waals surface area contributed by atoms with Crippen molar-refractivity contribution in [2.24, 2.45) is 11.8 Å². The first kappa shape index (κ1) is 18.2. The molecule has 7 nitrogen and oxygen atoms in total. The third-order valence-corrected chi connectivity index (χ3v) is 4.95. The average molecular weight is 376 g/mol. The summed E-state index contributed by atoms with van der Waals surface area (Å²) in [6.45, 7) is 1.68. The number of nitrogens with one attached hydrogen (secondary N) is 1. The normalized spacial score (nSPS) is 18.1. The second-order valence-electron chi connectivity index (χ2n) is 6.08. The molecule has 0 bridgehead atoms. The van der Waals surface area contributed by atoms with Crippen molar-refractivity contribution in [3.63, 3.8) is 0 Å². The third-order valence-electron chi connectivity index (χ3n) is 4.19. The molecule has 26 heavy (non-hydrogen) atoms. The molecule has 1 amide bonds. The lowest BCUT2D eigenvalue weighted by Gasteiger charge is -2.08. The molecule has 3 rings (SSSR count). The van der Waals surface area contributed by atoms with Crippen molar-refractivity contribution in [3.05, 3.63) is 23.6 Å². The predicted octanol–water partition coefficient (Wildman–Crippen LogP) is 2.97. The largest absolute Gasteiger partial charge is 0.497 e. The Bertz CT molecular complexity index is 820. The number of ether oxygens (including phenoxy) is 3. The zero-order valence-corrected chi connectivity index (χ0v) is 15.6. The molecule has 1 aliphatic rings. The quantitative estimate of drug-likeness (QED) is 0.748. The van der Waals surface area contributed by atoms with E-state index in [2.05, 4.69) is 10.3 Å². The van der Waals surface area contributed by atoms with Gasteiger partial charge in [-0.1, -0.05) is 6.92 Å². The van der Waals surface area contributed by atoms with E-state index >= 15 is 0 Å². The summed E-state index contributed by atoms with van der Waals surface area (Å²) in [6, 6.07) is 5.41. The standard InChI is InChI=1S/C18H20N2O5S/c1-10-6-12(10)17(22)25-8-16(21)20-18-19-14(9-26-18)13-7-11(23-2)4-5-15(13)24-3/h4-5,7,9-10,12H,6,8H2,1-3H3,(H,19,20,21)/t10-,12+/m1/s1. The first-order valence-electron chi connectivity index (χ1n) is 8.16. The van der Waals surface area contributed by atoms with E-state index in [1.54, 1.807) is 26.4 Å². The maximum Gasteiger partial charge on any atom is 0.309 e. The molecule has 1 aliphatic carbocycles. The van der Waals surface area contributed by atoms with E-state index < -0.39 is 5.91 Å². The van der Waals surface area contributed by atoms with E-state index in [0.29, 0.717) is 28.2 Å². The number of rotatable bonds is 7. The van der Waals surface area contributed by atoms with E-state index in [-0.39, 0.29) is 18.5 Å². The van der Waals surface area contributed by atoms with Gasteiger partial charge in [-0.05, 0) is 30.5 Å². The van der Waals surface area contributed by atoms with Crippen LogP contribution in [0.15, 0.2) is 23.6 Å². The first-order valence-corrected chi connectivity index (χ1v) is 9.04. The smallest absolute Gasteiger partial charge is 0.309 e. The molecule has 138 valence electrons. The SMILES string of the molecule is COc1ccc(OC)c(-c2csc(NC(=O)COC(=O)[C@H]3C[C@H]3C)n2)c1. The topological polar surface area (TPSA) is 86.8 Å². The molecule has 1 fully saturated rings. The minimum atomic E-state index is -0.412. The summed E-state index contributed by atoms with van der Waals surface area (Å²) < 4.78 is 15.6.